The number of aryl methyl sites for hydroxylation is 1. The first-order chi connectivity index (χ1) is 9.06. The van der Waals surface area contributed by atoms with Crippen LogP contribution in [0.4, 0.5) is 10.6 Å². The van der Waals surface area contributed by atoms with Crippen LogP contribution in [-0.4, -0.2) is 26.3 Å². The first kappa shape index (κ1) is 13.4. The van der Waals surface area contributed by atoms with Gasteiger partial charge in [0, 0.05) is 25.3 Å². The Kier molecular flexibility index (Phi) is 4.06. The SMILES string of the molecule is CC(=O)SCCc1cn2c(NC(N)=O)cccc2n1. The van der Waals surface area contributed by atoms with Gasteiger partial charge in [-0.3, -0.25) is 14.5 Å². The Balaban J connectivity index is 2.19. The van der Waals surface area contributed by atoms with E-state index in [0.717, 1.165) is 11.3 Å². The smallest absolute Gasteiger partial charge is 0.317 e. The average molecular weight is 278 g/mol. The average Bonchev–Trinajstić information content (AvgIpc) is 2.71. The fourth-order valence-corrected chi connectivity index (χ4v) is 2.31. The number of aromatic nitrogens is 2. The summed E-state index contributed by atoms with van der Waals surface area (Å²) in [5.41, 5.74) is 6.71. The molecular weight excluding hydrogens is 264 g/mol. The molecule has 0 spiro atoms. The molecule has 2 aromatic rings. The number of anilines is 1. The number of hydrogen-bond donors (Lipinski definition) is 2. The molecule has 0 saturated carbocycles. The third-order valence-corrected chi connectivity index (χ3v) is 3.27. The molecule has 6 nitrogen and oxygen atoms in total. The Labute approximate surface area is 114 Å². The number of nitrogens with one attached hydrogen (secondary N) is 1. The lowest BCUT2D eigenvalue weighted by Gasteiger charge is -2.03. The van der Waals surface area contributed by atoms with Crippen LogP contribution in [0.5, 0.6) is 0 Å². The highest BCUT2D eigenvalue weighted by Gasteiger charge is 2.06. The minimum absolute atomic E-state index is 0.0971. The first-order valence-electron chi connectivity index (χ1n) is 5.73. The van der Waals surface area contributed by atoms with Crippen LogP contribution in [0.2, 0.25) is 0 Å². The largest absolute Gasteiger partial charge is 0.351 e. The van der Waals surface area contributed by atoms with Crippen LogP contribution in [-0.2, 0) is 11.2 Å². The number of pyridine rings is 1. The molecule has 7 heteroatoms. The van der Waals surface area contributed by atoms with Gasteiger partial charge in [-0.1, -0.05) is 17.8 Å². The maximum Gasteiger partial charge on any atom is 0.317 e. The van der Waals surface area contributed by atoms with Crippen molar-refractivity contribution in [2.75, 3.05) is 11.1 Å². The Morgan fingerprint density at radius 2 is 2.26 bits per heavy atom. The highest BCUT2D eigenvalue weighted by atomic mass is 32.2. The van der Waals surface area contributed by atoms with Gasteiger partial charge in [-0.25, -0.2) is 9.78 Å². The summed E-state index contributed by atoms with van der Waals surface area (Å²) in [6.45, 7) is 1.54. The predicted molar refractivity (Wildman–Crippen MR) is 75.2 cm³/mol. The molecule has 19 heavy (non-hydrogen) atoms. The van der Waals surface area contributed by atoms with E-state index < -0.39 is 6.03 Å². The molecule has 0 atom stereocenters. The second-order valence-electron chi connectivity index (χ2n) is 3.95. The van der Waals surface area contributed by atoms with Gasteiger partial charge in [-0.05, 0) is 12.1 Å². The van der Waals surface area contributed by atoms with E-state index in [-0.39, 0.29) is 5.12 Å². The summed E-state index contributed by atoms with van der Waals surface area (Å²) in [6, 6.07) is 4.76. The zero-order valence-corrected chi connectivity index (χ0v) is 11.2. The molecule has 0 saturated heterocycles. The maximum absolute atomic E-state index is 10.9. The molecule has 2 aromatic heterocycles. The normalized spacial score (nSPS) is 10.6. The van der Waals surface area contributed by atoms with E-state index in [1.165, 1.54) is 11.8 Å². The minimum atomic E-state index is -0.616. The number of carbonyl (C=O) groups is 2. The summed E-state index contributed by atoms with van der Waals surface area (Å²) < 4.78 is 1.76. The quantitative estimate of drug-likeness (QED) is 0.889. The minimum Gasteiger partial charge on any atom is -0.351 e. The molecule has 100 valence electrons. The van der Waals surface area contributed by atoms with Gasteiger partial charge in [-0.15, -0.1) is 0 Å². The van der Waals surface area contributed by atoms with E-state index >= 15 is 0 Å². The molecule has 3 N–H and O–H groups in total. The standard InChI is InChI=1S/C12H14N4O2S/c1-8(17)19-6-5-9-7-16-10(14-9)3-2-4-11(16)15-12(13)18/h2-4,7H,5-6H2,1H3,(H3,13,15,18). The molecule has 0 aromatic carbocycles. The fraction of sp³-hybridized carbons (Fsp3) is 0.250. The number of urea groups is 1. The highest BCUT2D eigenvalue weighted by Crippen LogP contribution is 2.15. The van der Waals surface area contributed by atoms with Crippen molar-refractivity contribution in [1.29, 1.82) is 0 Å². The van der Waals surface area contributed by atoms with Crippen molar-refractivity contribution in [3.05, 3.63) is 30.1 Å². The summed E-state index contributed by atoms with van der Waals surface area (Å²) >= 11 is 1.27. The van der Waals surface area contributed by atoms with Gasteiger partial charge in [-0.2, -0.15) is 0 Å². The molecule has 2 heterocycles. The monoisotopic (exact) mass is 278 g/mol. The third kappa shape index (κ3) is 3.47. The van der Waals surface area contributed by atoms with E-state index in [1.807, 2.05) is 12.3 Å². The molecule has 2 amide bonds. The van der Waals surface area contributed by atoms with Crippen LogP contribution >= 0.6 is 11.8 Å². The van der Waals surface area contributed by atoms with Gasteiger partial charge >= 0.3 is 6.03 Å². The van der Waals surface area contributed by atoms with Gasteiger partial charge in [0.2, 0.25) is 0 Å². The summed E-state index contributed by atoms with van der Waals surface area (Å²) in [7, 11) is 0. The molecule has 0 fully saturated rings. The number of rotatable bonds is 4. The Morgan fingerprint density at radius 1 is 1.47 bits per heavy atom. The van der Waals surface area contributed by atoms with Crippen LogP contribution in [0.25, 0.3) is 5.65 Å². The topological polar surface area (TPSA) is 89.5 Å². The van der Waals surface area contributed by atoms with Crippen molar-refractivity contribution >= 4 is 34.4 Å². The lowest BCUT2D eigenvalue weighted by atomic mass is 10.4. The molecule has 0 aliphatic heterocycles. The number of primary amides is 1. The molecule has 0 aliphatic carbocycles. The van der Waals surface area contributed by atoms with Crippen LogP contribution in [0.15, 0.2) is 24.4 Å². The number of amides is 2. The van der Waals surface area contributed by atoms with Crippen LogP contribution in [0.3, 0.4) is 0 Å². The van der Waals surface area contributed by atoms with Crippen molar-refractivity contribution in [2.45, 2.75) is 13.3 Å². The Morgan fingerprint density at radius 3 is 2.95 bits per heavy atom. The van der Waals surface area contributed by atoms with Gasteiger partial charge < -0.3 is 5.73 Å². The lowest BCUT2D eigenvalue weighted by Crippen LogP contribution is -2.20. The van der Waals surface area contributed by atoms with Crippen molar-refractivity contribution in [3.63, 3.8) is 0 Å². The van der Waals surface area contributed by atoms with Gasteiger partial charge in [0.15, 0.2) is 5.12 Å². The Bertz CT molecular complexity index is 623. The highest BCUT2D eigenvalue weighted by molar-refractivity contribution is 8.13. The second kappa shape index (κ2) is 5.75. The number of hydrogen-bond acceptors (Lipinski definition) is 4. The molecule has 0 unspecified atom stereocenters. The maximum atomic E-state index is 10.9. The predicted octanol–water partition coefficient (Wildman–Crippen LogP) is 1.65. The zero-order valence-electron chi connectivity index (χ0n) is 10.4. The van der Waals surface area contributed by atoms with E-state index in [0.29, 0.717) is 18.0 Å². The third-order valence-electron chi connectivity index (χ3n) is 2.46. The summed E-state index contributed by atoms with van der Waals surface area (Å²) in [5.74, 6) is 1.26. The number of thioether (sulfide) groups is 1. The van der Waals surface area contributed by atoms with Crippen LogP contribution in [0.1, 0.15) is 12.6 Å². The molecule has 0 radical (unpaired) electrons. The first-order valence-corrected chi connectivity index (χ1v) is 6.71. The lowest BCUT2D eigenvalue weighted by molar-refractivity contribution is -0.109. The number of fused-ring (bicyclic) bond motifs is 1. The zero-order chi connectivity index (χ0) is 13.8. The number of imidazole rings is 1. The van der Waals surface area contributed by atoms with Crippen molar-refractivity contribution < 1.29 is 9.59 Å². The van der Waals surface area contributed by atoms with Crippen molar-refractivity contribution in [1.82, 2.24) is 9.38 Å². The number of carbonyl (C=O) groups excluding carboxylic acids is 2. The summed E-state index contributed by atoms with van der Waals surface area (Å²) in [6.07, 6.45) is 2.53. The molecular formula is C12H14N4O2S. The number of nitrogens with two attached hydrogens (primary N) is 1. The van der Waals surface area contributed by atoms with Crippen molar-refractivity contribution in [2.24, 2.45) is 5.73 Å². The Hall–Kier alpha value is -2.02. The van der Waals surface area contributed by atoms with Gasteiger partial charge in [0.25, 0.3) is 0 Å². The van der Waals surface area contributed by atoms with E-state index in [2.05, 4.69) is 10.3 Å². The molecule has 0 aliphatic rings. The molecule has 2 rings (SSSR count). The van der Waals surface area contributed by atoms with E-state index in [1.54, 1.807) is 23.5 Å². The molecule has 0 bridgehead atoms. The van der Waals surface area contributed by atoms with Crippen LogP contribution < -0.4 is 11.1 Å². The van der Waals surface area contributed by atoms with Crippen molar-refractivity contribution in [3.8, 4) is 0 Å². The van der Waals surface area contributed by atoms with Gasteiger partial charge in [0.1, 0.15) is 11.5 Å². The second-order valence-corrected chi connectivity index (χ2v) is 5.22. The summed E-state index contributed by atoms with van der Waals surface area (Å²) in [5, 5.41) is 2.64. The fourth-order valence-electron chi connectivity index (χ4n) is 1.71. The summed E-state index contributed by atoms with van der Waals surface area (Å²) in [4.78, 5) is 26.2. The van der Waals surface area contributed by atoms with Crippen LogP contribution in [0, 0.1) is 0 Å². The van der Waals surface area contributed by atoms with E-state index in [9.17, 15) is 9.59 Å². The number of nitrogens with zero attached hydrogens (tertiary/aromatic N) is 2. The van der Waals surface area contributed by atoms with Gasteiger partial charge in [0.05, 0.1) is 5.69 Å². The van der Waals surface area contributed by atoms with E-state index in [4.69, 9.17) is 5.73 Å².